The quantitative estimate of drug-likeness (QED) is 0.468. The van der Waals surface area contributed by atoms with Gasteiger partial charge in [0.25, 0.3) is 11.8 Å². The third-order valence-electron chi connectivity index (χ3n) is 3.28. The first-order chi connectivity index (χ1) is 11.0. The molecular weight excluding hydrogens is 369 g/mol. The van der Waals surface area contributed by atoms with Gasteiger partial charge in [-0.1, -0.05) is 28.1 Å². The van der Waals surface area contributed by atoms with Gasteiger partial charge >= 0.3 is 5.97 Å². The minimum Gasteiger partial charge on any atom is -0.422 e. The second-order valence-electron chi connectivity index (χ2n) is 4.79. The monoisotopic (exact) mass is 377 g/mol. The summed E-state index contributed by atoms with van der Waals surface area (Å²) >= 11 is 3.09. The second-order valence-corrected chi connectivity index (χ2v) is 5.71. The molecule has 0 aromatic heterocycles. The van der Waals surface area contributed by atoms with Gasteiger partial charge in [0, 0.05) is 4.47 Å². The zero-order chi connectivity index (χ0) is 16.6. The van der Waals surface area contributed by atoms with E-state index in [9.17, 15) is 18.8 Å². The Hall–Kier alpha value is -2.54. The maximum Gasteiger partial charge on any atom is 0.331 e. The van der Waals surface area contributed by atoms with Crippen LogP contribution >= 0.6 is 15.9 Å². The van der Waals surface area contributed by atoms with Gasteiger partial charge in [-0.25, -0.2) is 9.18 Å². The van der Waals surface area contributed by atoms with Crippen LogP contribution in [-0.4, -0.2) is 29.2 Å². The number of carbonyl (C=O) groups excluding carboxylic acids is 3. The highest BCUT2D eigenvalue weighted by molar-refractivity contribution is 9.10. The molecule has 2 aromatic rings. The molecule has 0 atom stereocenters. The number of carbonyl (C=O) groups is 3. The molecule has 116 valence electrons. The molecule has 2 amide bonds. The van der Waals surface area contributed by atoms with Crippen molar-refractivity contribution < 1.29 is 23.5 Å². The van der Waals surface area contributed by atoms with E-state index in [1.165, 1.54) is 24.3 Å². The third-order valence-corrected chi connectivity index (χ3v) is 3.78. The second kappa shape index (κ2) is 5.92. The zero-order valence-electron chi connectivity index (χ0n) is 11.6. The van der Waals surface area contributed by atoms with Crippen LogP contribution in [-0.2, 0) is 4.79 Å². The number of rotatable bonds is 3. The highest BCUT2D eigenvalue weighted by Crippen LogP contribution is 2.24. The first kappa shape index (κ1) is 15.4. The van der Waals surface area contributed by atoms with Crippen LogP contribution in [0, 0.1) is 5.82 Å². The predicted octanol–water partition coefficient (Wildman–Crippen LogP) is 2.79. The van der Waals surface area contributed by atoms with Gasteiger partial charge in [-0.3, -0.25) is 14.5 Å². The van der Waals surface area contributed by atoms with E-state index in [4.69, 9.17) is 4.74 Å². The van der Waals surface area contributed by atoms with Gasteiger partial charge < -0.3 is 4.74 Å². The Kier molecular flexibility index (Phi) is 3.96. The number of hydrogen-bond donors (Lipinski definition) is 0. The fourth-order valence-electron chi connectivity index (χ4n) is 2.22. The fraction of sp³-hybridized carbons (Fsp3) is 0.0625. The molecule has 7 heteroatoms. The van der Waals surface area contributed by atoms with Crippen molar-refractivity contribution in [2.45, 2.75) is 0 Å². The van der Waals surface area contributed by atoms with Gasteiger partial charge in [-0.15, -0.1) is 0 Å². The van der Waals surface area contributed by atoms with Crippen LogP contribution in [0.4, 0.5) is 4.39 Å². The summed E-state index contributed by atoms with van der Waals surface area (Å²) in [6.45, 7) is -0.581. The standard InChI is InChI=1S/C16H9BrFNO4/c17-9-5-6-13(12(18)7-9)23-14(20)8-19-15(21)10-3-1-2-4-11(10)16(19)22/h1-7H,8H2. The number of ether oxygens (including phenoxy) is 1. The average molecular weight is 378 g/mol. The van der Waals surface area contributed by atoms with E-state index in [2.05, 4.69) is 15.9 Å². The van der Waals surface area contributed by atoms with E-state index in [0.717, 1.165) is 11.0 Å². The predicted molar refractivity (Wildman–Crippen MR) is 81.5 cm³/mol. The van der Waals surface area contributed by atoms with Crippen molar-refractivity contribution in [1.82, 2.24) is 4.90 Å². The lowest BCUT2D eigenvalue weighted by Gasteiger charge is -2.13. The minimum atomic E-state index is -0.902. The van der Waals surface area contributed by atoms with Crippen molar-refractivity contribution >= 4 is 33.7 Å². The highest BCUT2D eigenvalue weighted by atomic mass is 79.9. The topological polar surface area (TPSA) is 63.7 Å². The maximum atomic E-state index is 13.6. The van der Waals surface area contributed by atoms with Gasteiger partial charge in [0.05, 0.1) is 11.1 Å². The van der Waals surface area contributed by atoms with Gasteiger partial charge in [-0.05, 0) is 30.3 Å². The van der Waals surface area contributed by atoms with Crippen LogP contribution in [0.25, 0.3) is 0 Å². The van der Waals surface area contributed by atoms with Gasteiger partial charge in [0.2, 0.25) is 0 Å². The van der Waals surface area contributed by atoms with Crippen LogP contribution in [0.5, 0.6) is 5.75 Å². The molecule has 0 saturated carbocycles. The summed E-state index contributed by atoms with van der Waals surface area (Å²) in [5.74, 6) is -3.04. The summed E-state index contributed by atoms with van der Waals surface area (Å²) in [6.07, 6.45) is 0. The van der Waals surface area contributed by atoms with E-state index in [1.807, 2.05) is 0 Å². The molecule has 1 aliphatic heterocycles. The van der Waals surface area contributed by atoms with Crippen LogP contribution in [0.15, 0.2) is 46.9 Å². The van der Waals surface area contributed by atoms with Crippen molar-refractivity contribution in [3.63, 3.8) is 0 Å². The number of halogens is 2. The Labute approximate surface area is 138 Å². The van der Waals surface area contributed by atoms with E-state index in [0.29, 0.717) is 4.47 Å². The molecule has 0 radical (unpaired) electrons. The Morgan fingerprint density at radius 3 is 2.26 bits per heavy atom. The number of imide groups is 1. The zero-order valence-corrected chi connectivity index (χ0v) is 13.2. The summed E-state index contributed by atoms with van der Waals surface area (Å²) in [6, 6.07) is 10.2. The number of hydrogen-bond acceptors (Lipinski definition) is 4. The van der Waals surface area contributed by atoms with Crippen LogP contribution in [0.1, 0.15) is 20.7 Å². The van der Waals surface area contributed by atoms with Crippen LogP contribution in [0.2, 0.25) is 0 Å². The number of fused-ring (bicyclic) bond motifs is 1. The SMILES string of the molecule is O=C(CN1C(=O)c2ccccc2C1=O)Oc1ccc(Br)cc1F. The van der Waals surface area contributed by atoms with E-state index in [-0.39, 0.29) is 16.9 Å². The number of benzene rings is 2. The molecule has 0 saturated heterocycles. The molecule has 5 nitrogen and oxygen atoms in total. The van der Waals surface area contributed by atoms with E-state index in [1.54, 1.807) is 12.1 Å². The minimum absolute atomic E-state index is 0.236. The Balaban J connectivity index is 1.74. The molecule has 23 heavy (non-hydrogen) atoms. The number of esters is 1. The van der Waals surface area contributed by atoms with Gasteiger partial charge in [0.15, 0.2) is 11.6 Å². The first-order valence-corrected chi connectivity index (χ1v) is 7.37. The smallest absolute Gasteiger partial charge is 0.331 e. The number of amides is 2. The molecule has 0 unspecified atom stereocenters. The number of nitrogens with zero attached hydrogens (tertiary/aromatic N) is 1. The maximum absolute atomic E-state index is 13.6. The van der Waals surface area contributed by atoms with Crippen molar-refractivity contribution in [3.8, 4) is 5.75 Å². The Bertz CT molecular complexity index is 802. The highest BCUT2D eigenvalue weighted by Gasteiger charge is 2.36. The lowest BCUT2D eigenvalue weighted by Crippen LogP contribution is -2.36. The largest absolute Gasteiger partial charge is 0.422 e. The summed E-state index contributed by atoms with van der Waals surface area (Å²) in [4.78, 5) is 36.9. The molecule has 3 rings (SSSR count). The average Bonchev–Trinajstić information content (AvgIpc) is 2.76. The first-order valence-electron chi connectivity index (χ1n) is 6.58. The molecule has 0 spiro atoms. The molecule has 1 heterocycles. The van der Waals surface area contributed by atoms with Crippen molar-refractivity contribution in [2.24, 2.45) is 0 Å². The molecule has 1 aliphatic rings. The Morgan fingerprint density at radius 1 is 1.09 bits per heavy atom. The molecular formula is C16H9BrFNO4. The van der Waals surface area contributed by atoms with Gasteiger partial charge in [0.1, 0.15) is 6.54 Å². The Morgan fingerprint density at radius 2 is 1.70 bits per heavy atom. The summed E-state index contributed by atoms with van der Waals surface area (Å²) in [5, 5.41) is 0. The molecule has 2 aromatic carbocycles. The molecule has 0 N–H and O–H groups in total. The van der Waals surface area contributed by atoms with E-state index < -0.39 is 30.1 Å². The lowest BCUT2D eigenvalue weighted by molar-refractivity contribution is -0.134. The molecule has 0 aliphatic carbocycles. The third kappa shape index (κ3) is 2.87. The van der Waals surface area contributed by atoms with Gasteiger partial charge in [-0.2, -0.15) is 0 Å². The molecule has 0 fully saturated rings. The van der Waals surface area contributed by atoms with Crippen molar-refractivity contribution in [1.29, 1.82) is 0 Å². The fourth-order valence-corrected chi connectivity index (χ4v) is 2.56. The van der Waals surface area contributed by atoms with Crippen LogP contribution in [0.3, 0.4) is 0 Å². The van der Waals surface area contributed by atoms with Crippen LogP contribution < -0.4 is 4.74 Å². The molecule has 0 bridgehead atoms. The van der Waals surface area contributed by atoms with E-state index >= 15 is 0 Å². The normalized spacial score (nSPS) is 13.2. The van der Waals surface area contributed by atoms with Crippen molar-refractivity contribution in [3.05, 3.63) is 63.9 Å². The summed E-state index contributed by atoms with van der Waals surface area (Å²) in [5.41, 5.74) is 0.472. The summed E-state index contributed by atoms with van der Waals surface area (Å²) in [7, 11) is 0. The van der Waals surface area contributed by atoms with Crippen molar-refractivity contribution in [2.75, 3.05) is 6.54 Å². The summed E-state index contributed by atoms with van der Waals surface area (Å²) < 4.78 is 19.0. The lowest BCUT2D eigenvalue weighted by atomic mass is 10.1.